The van der Waals surface area contributed by atoms with E-state index >= 15 is 0 Å². The van der Waals surface area contributed by atoms with Gasteiger partial charge in [0, 0.05) is 19.6 Å². The molecule has 1 heterocycles. The molecule has 0 amide bonds. The van der Waals surface area contributed by atoms with Crippen LogP contribution in [0.3, 0.4) is 0 Å². The average molecular weight is 221 g/mol. The molecule has 0 radical (unpaired) electrons. The van der Waals surface area contributed by atoms with Crippen LogP contribution in [0.2, 0.25) is 0 Å². The SMILES string of the molecule is COCc1ccc(C2OCCC2CN)cc1. The highest BCUT2D eigenvalue weighted by atomic mass is 16.5. The van der Waals surface area contributed by atoms with Gasteiger partial charge in [-0.1, -0.05) is 24.3 Å². The first-order chi connectivity index (χ1) is 7.85. The Bertz CT molecular complexity index is 323. The molecule has 88 valence electrons. The second-order valence-corrected chi connectivity index (χ2v) is 4.25. The van der Waals surface area contributed by atoms with Crippen molar-refractivity contribution in [3.05, 3.63) is 35.4 Å². The molecule has 2 rings (SSSR count). The molecule has 1 aliphatic rings. The van der Waals surface area contributed by atoms with Crippen molar-refractivity contribution < 1.29 is 9.47 Å². The minimum atomic E-state index is 0.182. The summed E-state index contributed by atoms with van der Waals surface area (Å²) in [7, 11) is 1.71. The van der Waals surface area contributed by atoms with Gasteiger partial charge >= 0.3 is 0 Å². The lowest BCUT2D eigenvalue weighted by Gasteiger charge is -2.17. The fraction of sp³-hybridized carbons (Fsp3) is 0.538. The molecule has 1 aliphatic heterocycles. The van der Waals surface area contributed by atoms with Gasteiger partial charge in [-0.15, -0.1) is 0 Å². The standard InChI is InChI=1S/C13H19NO2/c1-15-9-10-2-4-11(5-3-10)13-12(8-14)6-7-16-13/h2-5,12-13H,6-9,14H2,1H3. The Morgan fingerprint density at radius 1 is 1.38 bits per heavy atom. The van der Waals surface area contributed by atoms with Gasteiger partial charge in [0.1, 0.15) is 0 Å². The predicted molar refractivity (Wildman–Crippen MR) is 63.0 cm³/mol. The van der Waals surface area contributed by atoms with E-state index in [-0.39, 0.29) is 6.10 Å². The van der Waals surface area contributed by atoms with Crippen molar-refractivity contribution in [2.24, 2.45) is 11.7 Å². The van der Waals surface area contributed by atoms with Gasteiger partial charge in [-0.25, -0.2) is 0 Å². The highest BCUT2D eigenvalue weighted by molar-refractivity contribution is 5.25. The summed E-state index contributed by atoms with van der Waals surface area (Å²) in [6.45, 7) is 2.18. The van der Waals surface area contributed by atoms with Crippen LogP contribution in [-0.2, 0) is 16.1 Å². The van der Waals surface area contributed by atoms with Crippen molar-refractivity contribution in [1.29, 1.82) is 0 Å². The van der Waals surface area contributed by atoms with E-state index in [1.54, 1.807) is 7.11 Å². The fourth-order valence-corrected chi connectivity index (χ4v) is 2.21. The van der Waals surface area contributed by atoms with Crippen molar-refractivity contribution in [2.75, 3.05) is 20.3 Å². The van der Waals surface area contributed by atoms with Gasteiger partial charge in [0.25, 0.3) is 0 Å². The van der Waals surface area contributed by atoms with Crippen LogP contribution >= 0.6 is 0 Å². The lowest BCUT2D eigenvalue weighted by atomic mass is 9.95. The first-order valence-electron chi connectivity index (χ1n) is 5.74. The predicted octanol–water partition coefficient (Wildman–Crippen LogP) is 1.87. The summed E-state index contributed by atoms with van der Waals surface area (Å²) in [5, 5.41) is 0. The Morgan fingerprint density at radius 3 is 2.75 bits per heavy atom. The molecule has 0 saturated carbocycles. The number of hydrogen-bond donors (Lipinski definition) is 1. The Balaban J connectivity index is 2.08. The largest absolute Gasteiger partial charge is 0.380 e. The first kappa shape index (κ1) is 11.6. The molecule has 2 unspecified atom stereocenters. The quantitative estimate of drug-likeness (QED) is 0.844. The van der Waals surface area contributed by atoms with Gasteiger partial charge in [-0.2, -0.15) is 0 Å². The molecule has 0 bridgehead atoms. The van der Waals surface area contributed by atoms with E-state index in [0.717, 1.165) is 13.0 Å². The van der Waals surface area contributed by atoms with Crippen LogP contribution in [0.15, 0.2) is 24.3 Å². The highest BCUT2D eigenvalue weighted by Crippen LogP contribution is 2.33. The smallest absolute Gasteiger partial charge is 0.0865 e. The van der Waals surface area contributed by atoms with Crippen molar-refractivity contribution >= 4 is 0 Å². The van der Waals surface area contributed by atoms with E-state index in [1.807, 2.05) is 0 Å². The summed E-state index contributed by atoms with van der Waals surface area (Å²) >= 11 is 0. The Hall–Kier alpha value is -0.900. The second-order valence-electron chi connectivity index (χ2n) is 4.25. The highest BCUT2D eigenvalue weighted by Gasteiger charge is 2.28. The zero-order chi connectivity index (χ0) is 11.4. The molecule has 3 nitrogen and oxygen atoms in total. The van der Waals surface area contributed by atoms with Gasteiger partial charge in [0.05, 0.1) is 12.7 Å². The molecular weight excluding hydrogens is 202 g/mol. The summed E-state index contributed by atoms with van der Waals surface area (Å²) in [6, 6.07) is 8.42. The first-order valence-corrected chi connectivity index (χ1v) is 5.74. The lowest BCUT2D eigenvalue weighted by Crippen LogP contribution is -2.17. The van der Waals surface area contributed by atoms with Gasteiger partial charge < -0.3 is 15.2 Å². The summed E-state index contributed by atoms with van der Waals surface area (Å²) in [5.41, 5.74) is 8.16. The Labute approximate surface area is 96.5 Å². The third kappa shape index (κ3) is 2.43. The van der Waals surface area contributed by atoms with E-state index in [0.29, 0.717) is 19.1 Å². The number of rotatable bonds is 4. The van der Waals surface area contributed by atoms with E-state index in [4.69, 9.17) is 15.2 Å². The molecule has 16 heavy (non-hydrogen) atoms. The molecule has 2 N–H and O–H groups in total. The molecule has 1 aromatic carbocycles. The van der Waals surface area contributed by atoms with Crippen molar-refractivity contribution in [3.63, 3.8) is 0 Å². The molecule has 1 saturated heterocycles. The second kappa shape index (κ2) is 5.43. The molecule has 0 spiro atoms. The maximum absolute atomic E-state index is 5.74. The van der Waals surface area contributed by atoms with Gasteiger partial charge in [-0.05, 0) is 24.1 Å². The van der Waals surface area contributed by atoms with Crippen LogP contribution in [0, 0.1) is 5.92 Å². The zero-order valence-corrected chi connectivity index (χ0v) is 9.69. The van der Waals surface area contributed by atoms with Crippen LogP contribution < -0.4 is 5.73 Å². The molecule has 1 aromatic rings. The number of hydrogen-bond acceptors (Lipinski definition) is 3. The minimum absolute atomic E-state index is 0.182. The van der Waals surface area contributed by atoms with Crippen LogP contribution in [0.4, 0.5) is 0 Å². The van der Waals surface area contributed by atoms with Crippen LogP contribution in [0.1, 0.15) is 23.7 Å². The van der Waals surface area contributed by atoms with Crippen molar-refractivity contribution in [2.45, 2.75) is 19.1 Å². The van der Waals surface area contributed by atoms with Gasteiger partial charge in [-0.3, -0.25) is 0 Å². The van der Waals surface area contributed by atoms with Crippen LogP contribution in [0.25, 0.3) is 0 Å². The molecule has 1 fully saturated rings. The van der Waals surface area contributed by atoms with Gasteiger partial charge in [0.2, 0.25) is 0 Å². The van der Waals surface area contributed by atoms with Crippen LogP contribution in [-0.4, -0.2) is 20.3 Å². The van der Waals surface area contributed by atoms with Crippen molar-refractivity contribution in [3.8, 4) is 0 Å². The number of ether oxygens (including phenoxy) is 2. The average Bonchev–Trinajstić information content (AvgIpc) is 2.78. The topological polar surface area (TPSA) is 44.5 Å². The van der Waals surface area contributed by atoms with E-state index in [9.17, 15) is 0 Å². The van der Waals surface area contributed by atoms with E-state index in [1.165, 1.54) is 11.1 Å². The fourth-order valence-electron chi connectivity index (χ4n) is 2.21. The lowest BCUT2D eigenvalue weighted by molar-refractivity contribution is 0.0924. The third-order valence-corrected chi connectivity index (χ3v) is 3.14. The van der Waals surface area contributed by atoms with Crippen molar-refractivity contribution in [1.82, 2.24) is 0 Å². The number of benzene rings is 1. The number of nitrogens with two attached hydrogens (primary N) is 1. The molecule has 0 aliphatic carbocycles. The summed E-state index contributed by atoms with van der Waals surface area (Å²) < 4.78 is 10.8. The van der Waals surface area contributed by atoms with Crippen LogP contribution in [0.5, 0.6) is 0 Å². The van der Waals surface area contributed by atoms with Gasteiger partial charge in [0.15, 0.2) is 0 Å². The normalized spacial score (nSPS) is 24.9. The Morgan fingerprint density at radius 2 is 2.12 bits per heavy atom. The maximum Gasteiger partial charge on any atom is 0.0865 e. The molecule has 3 heteroatoms. The number of methoxy groups -OCH3 is 1. The molecular formula is C13H19NO2. The molecule has 0 aromatic heterocycles. The summed E-state index contributed by atoms with van der Waals surface area (Å²) in [6.07, 6.45) is 1.25. The Kier molecular flexibility index (Phi) is 3.93. The minimum Gasteiger partial charge on any atom is -0.380 e. The third-order valence-electron chi connectivity index (χ3n) is 3.14. The van der Waals surface area contributed by atoms with E-state index < -0.39 is 0 Å². The summed E-state index contributed by atoms with van der Waals surface area (Å²) in [5.74, 6) is 0.466. The summed E-state index contributed by atoms with van der Waals surface area (Å²) in [4.78, 5) is 0. The maximum atomic E-state index is 5.74. The zero-order valence-electron chi connectivity index (χ0n) is 9.69. The molecule has 2 atom stereocenters. The van der Waals surface area contributed by atoms with E-state index in [2.05, 4.69) is 24.3 Å². The monoisotopic (exact) mass is 221 g/mol.